The summed E-state index contributed by atoms with van der Waals surface area (Å²) in [5.41, 5.74) is 0.870. The van der Waals surface area contributed by atoms with Crippen molar-refractivity contribution in [2.24, 2.45) is 0 Å². The zero-order chi connectivity index (χ0) is 16.0. The number of halogens is 3. The molecule has 1 nitrogen and oxygen atoms in total. The summed E-state index contributed by atoms with van der Waals surface area (Å²) in [5, 5.41) is 0. The lowest BCUT2D eigenvalue weighted by atomic mass is 9.68. The van der Waals surface area contributed by atoms with Gasteiger partial charge in [0.25, 0.3) is 0 Å². The van der Waals surface area contributed by atoms with E-state index in [1.54, 1.807) is 6.07 Å². The van der Waals surface area contributed by atoms with Gasteiger partial charge in [0.1, 0.15) is 0 Å². The number of aryl methyl sites for hydroxylation is 1. The molecule has 1 aliphatic rings. The van der Waals surface area contributed by atoms with E-state index in [0.717, 1.165) is 24.1 Å². The molecule has 2 aromatic carbocycles. The van der Waals surface area contributed by atoms with Crippen molar-refractivity contribution in [1.82, 2.24) is 0 Å². The highest BCUT2D eigenvalue weighted by Crippen LogP contribution is 2.39. The Kier molecular flexibility index (Phi) is 3.35. The van der Waals surface area contributed by atoms with E-state index in [0.29, 0.717) is 17.5 Å². The predicted octanol–water partition coefficient (Wildman–Crippen LogP) is 4.79. The van der Waals surface area contributed by atoms with Crippen molar-refractivity contribution in [3.63, 3.8) is 0 Å². The van der Waals surface area contributed by atoms with E-state index in [4.69, 9.17) is 0 Å². The maximum Gasteiger partial charge on any atom is 0.416 e. The maximum absolute atomic E-state index is 12.8. The summed E-state index contributed by atoms with van der Waals surface area (Å²) < 4.78 is 38.0. The number of carbonyl (C=O) groups excluding carboxylic acids is 1. The summed E-state index contributed by atoms with van der Waals surface area (Å²) in [6, 6.07) is 12.4. The molecule has 0 spiro atoms. The van der Waals surface area contributed by atoms with Crippen molar-refractivity contribution < 1.29 is 18.0 Å². The summed E-state index contributed by atoms with van der Waals surface area (Å²) in [4.78, 5) is 12.8. The van der Waals surface area contributed by atoms with Crippen molar-refractivity contribution in [3.05, 3.63) is 70.8 Å². The van der Waals surface area contributed by atoms with E-state index in [1.165, 1.54) is 12.1 Å². The average Bonchev–Trinajstić information content (AvgIpc) is 2.51. The van der Waals surface area contributed by atoms with Crippen LogP contribution in [0.25, 0.3) is 0 Å². The van der Waals surface area contributed by atoms with E-state index in [1.807, 2.05) is 25.1 Å². The van der Waals surface area contributed by atoms with Crippen LogP contribution in [0.3, 0.4) is 0 Å². The Morgan fingerprint density at radius 3 is 2.27 bits per heavy atom. The van der Waals surface area contributed by atoms with Crippen LogP contribution >= 0.6 is 0 Å². The maximum atomic E-state index is 12.8. The van der Waals surface area contributed by atoms with Gasteiger partial charge in [0.2, 0.25) is 0 Å². The minimum atomic E-state index is -4.36. The van der Waals surface area contributed by atoms with E-state index < -0.39 is 17.2 Å². The van der Waals surface area contributed by atoms with Gasteiger partial charge >= 0.3 is 6.18 Å². The van der Waals surface area contributed by atoms with Gasteiger partial charge in [-0.3, -0.25) is 4.79 Å². The molecule has 0 aromatic heterocycles. The first-order valence-corrected chi connectivity index (χ1v) is 7.13. The molecule has 0 fully saturated rings. The van der Waals surface area contributed by atoms with Gasteiger partial charge in [0.15, 0.2) is 5.78 Å². The monoisotopic (exact) mass is 304 g/mol. The first-order valence-electron chi connectivity index (χ1n) is 7.13. The van der Waals surface area contributed by atoms with Crippen molar-refractivity contribution >= 4 is 5.78 Å². The zero-order valence-electron chi connectivity index (χ0n) is 12.1. The molecule has 1 atom stereocenters. The number of hydrogen-bond acceptors (Lipinski definition) is 1. The molecule has 0 bridgehead atoms. The molecule has 0 saturated heterocycles. The fraction of sp³-hybridized carbons (Fsp3) is 0.278. The number of fused-ring (bicyclic) bond motifs is 1. The highest BCUT2D eigenvalue weighted by atomic mass is 19.4. The molecular weight excluding hydrogens is 289 g/mol. The lowest BCUT2D eigenvalue weighted by molar-refractivity contribution is -0.137. The van der Waals surface area contributed by atoms with Gasteiger partial charge in [-0.15, -0.1) is 0 Å². The molecule has 4 heteroatoms. The van der Waals surface area contributed by atoms with Crippen LogP contribution in [0.1, 0.15) is 40.4 Å². The average molecular weight is 304 g/mol. The first-order chi connectivity index (χ1) is 10.3. The smallest absolute Gasteiger partial charge is 0.293 e. The third-order valence-electron chi connectivity index (χ3n) is 4.51. The minimum Gasteiger partial charge on any atom is -0.293 e. The number of Topliss-reactive ketones (excluding diaryl/α,β-unsaturated/α-hetero) is 1. The second kappa shape index (κ2) is 4.97. The van der Waals surface area contributed by atoms with Crippen LogP contribution in [0.15, 0.2) is 48.5 Å². The number of rotatable bonds is 1. The first kappa shape index (κ1) is 14.8. The van der Waals surface area contributed by atoms with E-state index in [9.17, 15) is 18.0 Å². The molecule has 0 N–H and O–H groups in total. The molecule has 22 heavy (non-hydrogen) atoms. The normalized spacial score (nSPS) is 21.5. The van der Waals surface area contributed by atoms with Crippen LogP contribution in [0.5, 0.6) is 0 Å². The molecule has 0 radical (unpaired) electrons. The standard InChI is InChI=1S/C18H15F3O/c1-17(13-6-8-14(9-7-13)18(19,20)21)11-10-12-4-2-3-5-15(12)16(17)22/h2-9H,10-11H2,1H3. The Balaban J connectivity index is 2.00. The summed E-state index contributed by atoms with van der Waals surface area (Å²) >= 11 is 0. The number of benzene rings is 2. The molecule has 2 aromatic rings. The fourth-order valence-corrected chi connectivity index (χ4v) is 3.06. The highest BCUT2D eigenvalue weighted by molar-refractivity contribution is 6.06. The number of ketones is 1. The molecule has 1 aliphatic carbocycles. The molecule has 0 amide bonds. The number of hydrogen-bond donors (Lipinski definition) is 0. The summed E-state index contributed by atoms with van der Waals surface area (Å²) in [5.74, 6) is -0.0193. The second-order valence-corrected chi connectivity index (χ2v) is 5.89. The summed E-state index contributed by atoms with van der Waals surface area (Å²) in [6.07, 6.45) is -3.00. The fourth-order valence-electron chi connectivity index (χ4n) is 3.06. The number of carbonyl (C=O) groups is 1. The van der Waals surface area contributed by atoms with Crippen LogP contribution < -0.4 is 0 Å². The molecule has 3 rings (SSSR count). The topological polar surface area (TPSA) is 17.1 Å². The highest BCUT2D eigenvalue weighted by Gasteiger charge is 2.40. The molecule has 0 aliphatic heterocycles. The zero-order valence-corrected chi connectivity index (χ0v) is 12.1. The van der Waals surface area contributed by atoms with E-state index in [-0.39, 0.29) is 5.78 Å². The van der Waals surface area contributed by atoms with Crippen molar-refractivity contribution in [2.75, 3.05) is 0 Å². The Morgan fingerprint density at radius 2 is 1.64 bits per heavy atom. The van der Waals surface area contributed by atoms with Gasteiger partial charge in [0, 0.05) is 5.56 Å². The van der Waals surface area contributed by atoms with E-state index >= 15 is 0 Å². The minimum absolute atomic E-state index is 0.0193. The largest absolute Gasteiger partial charge is 0.416 e. The molecule has 0 saturated carbocycles. The molecule has 0 heterocycles. The second-order valence-electron chi connectivity index (χ2n) is 5.89. The Labute approximate surface area is 126 Å². The summed E-state index contributed by atoms with van der Waals surface area (Å²) in [6.45, 7) is 1.81. The Hall–Kier alpha value is -2.10. The Morgan fingerprint density at radius 1 is 1.00 bits per heavy atom. The lowest BCUT2D eigenvalue weighted by Crippen LogP contribution is -2.37. The van der Waals surface area contributed by atoms with Crippen LogP contribution in [-0.4, -0.2) is 5.78 Å². The SMILES string of the molecule is CC1(c2ccc(C(F)(F)F)cc2)CCc2ccccc2C1=O. The van der Waals surface area contributed by atoms with Gasteiger partial charge in [-0.2, -0.15) is 13.2 Å². The van der Waals surface area contributed by atoms with Crippen molar-refractivity contribution in [3.8, 4) is 0 Å². The molecule has 1 unspecified atom stereocenters. The predicted molar refractivity (Wildman–Crippen MR) is 77.9 cm³/mol. The molecular formula is C18H15F3O. The quantitative estimate of drug-likeness (QED) is 0.740. The van der Waals surface area contributed by atoms with Gasteiger partial charge in [-0.05, 0) is 43.0 Å². The van der Waals surface area contributed by atoms with Gasteiger partial charge in [0.05, 0.1) is 11.0 Å². The van der Waals surface area contributed by atoms with Gasteiger partial charge in [-0.1, -0.05) is 36.4 Å². The third kappa shape index (κ3) is 2.32. The molecule has 114 valence electrons. The Bertz CT molecular complexity index is 716. The van der Waals surface area contributed by atoms with Crippen molar-refractivity contribution in [2.45, 2.75) is 31.4 Å². The van der Waals surface area contributed by atoms with Crippen LogP contribution in [-0.2, 0) is 18.0 Å². The van der Waals surface area contributed by atoms with Crippen LogP contribution in [0, 0.1) is 0 Å². The van der Waals surface area contributed by atoms with Crippen LogP contribution in [0.2, 0.25) is 0 Å². The number of alkyl halides is 3. The lowest BCUT2D eigenvalue weighted by Gasteiger charge is -2.34. The van der Waals surface area contributed by atoms with E-state index in [2.05, 4.69) is 0 Å². The van der Waals surface area contributed by atoms with Gasteiger partial charge in [-0.25, -0.2) is 0 Å². The van der Waals surface area contributed by atoms with Crippen molar-refractivity contribution in [1.29, 1.82) is 0 Å². The third-order valence-corrected chi connectivity index (χ3v) is 4.51. The summed E-state index contributed by atoms with van der Waals surface area (Å²) in [7, 11) is 0. The van der Waals surface area contributed by atoms with Crippen LogP contribution in [0.4, 0.5) is 13.2 Å². The van der Waals surface area contributed by atoms with Gasteiger partial charge < -0.3 is 0 Å².